The second-order valence-electron chi connectivity index (χ2n) is 5.17. The van der Waals surface area contributed by atoms with E-state index in [-0.39, 0.29) is 18.3 Å². The summed E-state index contributed by atoms with van der Waals surface area (Å²) in [5, 5.41) is 3.79. The molecule has 26 heavy (non-hydrogen) atoms. The van der Waals surface area contributed by atoms with Crippen molar-refractivity contribution in [2.24, 2.45) is 0 Å². The van der Waals surface area contributed by atoms with Crippen LogP contribution in [0.2, 0.25) is 5.02 Å². The first-order valence-corrected chi connectivity index (χ1v) is 9.13. The number of hydrogen-bond acceptors (Lipinski definition) is 6. The van der Waals surface area contributed by atoms with Gasteiger partial charge in [-0.05, 0) is 25.1 Å². The van der Waals surface area contributed by atoms with Crippen LogP contribution in [0.1, 0.15) is 17.3 Å². The van der Waals surface area contributed by atoms with Crippen LogP contribution in [0.4, 0.5) is 5.69 Å². The zero-order chi connectivity index (χ0) is 18.5. The largest absolute Gasteiger partial charge is 0.462 e. The van der Waals surface area contributed by atoms with E-state index in [4.69, 9.17) is 16.3 Å². The Hall–Kier alpha value is -2.58. The van der Waals surface area contributed by atoms with Gasteiger partial charge in [-0.2, -0.15) is 0 Å². The number of halogens is 1. The van der Waals surface area contributed by atoms with Crippen molar-refractivity contribution in [3.63, 3.8) is 0 Å². The summed E-state index contributed by atoms with van der Waals surface area (Å²) in [5.41, 5.74) is 1.96. The minimum absolute atomic E-state index is 0.116. The number of carbonyl (C=O) groups is 2. The van der Waals surface area contributed by atoms with Crippen molar-refractivity contribution < 1.29 is 14.3 Å². The van der Waals surface area contributed by atoms with E-state index >= 15 is 0 Å². The molecule has 0 unspecified atom stereocenters. The van der Waals surface area contributed by atoms with Crippen LogP contribution in [0.5, 0.6) is 0 Å². The van der Waals surface area contributed by atoms with E-state index in [0.717, 1.165) is 0 Å². The maximum Gasteiger partial charge on any atom is 0.340 e. The molecular weight excluding hydrogens is 376 g/mol. The zero-order valence-electron chi connectivity index (χ0n) is 13.8. The average Bonchev–Trinajstić information content (AvgIpc) is 3.02. The molecule has 0 aliphatic carbocycles. The molecule has 0 aliphatic heterocycles. The van der Waals surface area contributed by atoms with Gasteiger partial charge in [0.05, 0.1) is 34.1 Å². The Morgan fingerprint density at radius 2 is 2.15 bits per heavy atom. The van der Waals surface area contributed by atoms with Crippen LogP contribution in [0.3, 0.4) is 0 Å². The molecular formula is C17H15ClN4O3S. The van der Waals surface area contributed by atoms with Gasteiger partial charge in [-0.15, -0.1) is 0 Å². The molecule has 0 fully saturated rings. The number of anilines is 1. The maximum absolute atomic E-state index is 12.2. The van der Waals surface area contributed by atoms with Crippen LogP contribution >= 0.6 is 23.4 Å². The number of ether oxygens (including phenoxy) is 1. The highest BCUT2D eigenvalue weighted by atomic mass is 35.5. The first kappa shape index (κ1) is 18.2. The second-order valence-corrected chi connectivity index (χ2v) is 6.57. The summed E-state index contributed by atoms with van der Waals surface area (Å²) in [7, 11) is 0. The van der Waals surface area contributed by atoms with Crippen LogP contribution < -0.4 is 5.32 Å². The number of carbonyl (C=O) groups excluding carboxylic acids is 2. The number of aromatic nitrogens is 3. The first-order valence-electron chi connectivity index (χ1n) is 7.77. The number of esters is 1. The van der Waals surface area contributed by atoms with E-state index in [1.807, 2.05) is 0 Å². The predicted octanol–water partition coefficient (Wildman–Crippen LogP) is 3.52. The molecule has 2 aromatic heterocycles. The van der Waals surface area contributed by atoms with E-state index in [1.54, 1.807) is 37.3 Å². The fraction of sp³-hybridized carbons (Fsp3) is 0.176. The minimum Gasteiger partial charge on any atom is -0.462 e. The van der Waals surface area contributed by atoms with E-state index in [9.17, 15) is 9.59 Å². The van der Waals surface area contributed by atoms with Crippen LogP contribution in [0, 0.1) is 0 Å². The van der Waals surface area contributed by atoms with Crippen molar-refractivity contribution in [1.82, 2.24) is 15.0 Å². The summed E-state index contributed by atoms with van der Waals surface area (Å²) in [4.78, 5) is 35.6. The summed E-state index contributed by atoms with van der Waals surface area (Å²) >= 11 is 7.12. The van der Waals surface area contributed by atoms with E-state index in [1.165, 1.54) is 18.0 Å². The second kappa shape index (κ2) is 8.20. The normalized spacial score (nSPS) is 10.7. The number of nitrogens with one attached hydrogen (secondary N) is 2. The molecule has 0 aliphatic rings. The van der Waals surface area contributed by atoms with Crippen molar-refractivity contribution in [2.75, 3.05) is 17.7 Å². The molecule has 0 spiro atoms. The van der Waals surface area contributed by atoms with Gasteiger partial charge in [-0.1, -0.05) is 35.5 Å². The fourth-order valence-electron chi connectivity index (χ4n) is 2.22. The monoisotopic (exact) mass is 390 g/mol. The third-order valence-corrected chi connectivity index (χ3v) is 4.40. The molecule has 1 amide bonds. The number of aromatic amines is 1. The number of rotatable bonds is 6. The zero-order valence-corrected chi connectivity index (χ0v) is 15.4. The fourth-order valence-corrected chi connectivity index (χ4v) is 3.05. The van der Waals surface area contributed by atoms with E-state index in [0.29, 0.717) is 32.6 Å². The Labute approximate surface area is 158 Å². The SMILES string of the molecule is CCOC(=O)c1ccccc1NC(=O)CSc1nc2ncc(Cl)cc2[nH]1. The van der Waals surface area contributed by atoms with Crippen LogP contribution in [0.15, 0.2) is 41.7 Å². The van der Waals surface area contributed by atoms with Gasteiger partial charge in [0, 0.05) is 6.20 Å². The topological polar surface area (TPSA) is 97.0 Å². The molecule has 0 atom stereocenters. The summed E-state index contributed by atoms with van der Waals surface area (Å²) in [6.07, 6.45) is 1.51. The first-order chi connectivity index (χ1) is 12.6. The minimum atomic E-state index is -0.476. The number of fused-ring (bicyclic) bond motifs is 1. The highest BCUT2D eigenvalue weighted by Gasteiger charge is 2.14. The number of H-pyrrole nitrogens is 1. The number of imidazole rings is 1. The summed E-state index contributed by atoms with van der Waals surface area (Å²) in [6.45, 7) is 1.99. The van der Waals surface area contributed by atoms with Crippen LogP contribution in [0.25, 0.3) is 11.2 Å². The van der Waals surface area contributed by atoms with Gasteiger partial charge in [0.2, 0.25) is 5.91 Å². The summed E-state index contributed by atoms with van der Waals surface area (Å²) in [5.74, 6) is -0.625. The number of nitrogens with zero attached hydrogens (tertiary/aromatic N) is 2. The predicted molar refractivity (Wildman–Crippen MR) is 101 cm³/mol. The van der Waals surface area contributed by atoms with Crippen LogP contribution in [-0.4, -0.2) is 39.2 Å². The lowest BCUT2D eigenvalue weighted by Gasteiger charge is -2.09. The Balaban J connectivity index is 1.64. The molecule has 2 heterocycles. The molecule has 3 aromatic rings. The third-order valence-electron chi connectivity index (χ3n) is 3.32. The molecule has 2 N–H and O–H groups in total. The van der Waals surface area contributed by atoms with Gasteiger partial charge in [0.1, 0.15) is 0 Å². The van der Waals surface area contributed by atoms with Crippen molar-refractivity contribution in [1.29, 1.82) is 0 Å². The molecule has 3 rings (SSSR count). The van der Waals surface area contributed by atoms with Gasteiger partial charge in [0.15, 0.2) is 10.8 Å². The summed E-state index contributed by atoms with van der Waals surface area (Å²) < 4.78 is 4.99. The molecule has 0 saturated carbocycles. The number of benzene rings is 1. The number of amides is 1. The van der Waals surface area contributed by atoms with E-state index in [2.05, 4.69) is 20.3 Å². The van der Waals surface area contributed by atoms with Crippen molar-refractivity contribution in [2.45, 2.75) is 12.1 Å². The van der Waals surface area contributed by atoms with Gasteiger partial charge in [-0.25, -0.2) is 14.8 Å². The Morgan fingerprint density at radius 3 is 2.96 bits per heavy atom. The molecule has 1 aromatic carbocycles. The maximum atomic E-state index is 12.2. The lowest BCUT2D eigenvalue weighted by molar-refractivity contribution is -0.113. The third kappa shape index (κ3) is 4.33. The Morgan fingerprint density at radius 1 is 1.35 bits per heavy atom. The number of hydrogen-bond donors (Lipinski definition) is 2. The molecule has 0 saturated heterocycles. The van der Waals surface area contributed by atoms with Crippen molar-refractivity contribution in [3.8, 4) is 0 Å². The molecule has 134 valence electrons. The van der Waals surface area contributed by atoms with Crippen molar-refractivity contribution in [3.05, 3.63) is 47.1 Å². The molecule has 0 bridgehead atoms. The lowest BCUT2D eigenvalue weighted by atomic mass is 10.2. The molecule has 0 radical (unpaired) electrons. The quantitative estimate of drug-likeness (QED) is 0.493. The van der Waals surface area contributed by atoms with Crippen molar-refractivity contribution >= 4 is 52.1 Å². The highest BCUT2D eigenvalue weighted by Crippen LogP contribution is 2.21. The molecule has 7 nitrogen and oxygen atoms in total. The van der Waals surface area contributed by atoms with Gasteiger partial charge < -0.3 is 15.0 Å². The van der Waals surface area contributed by atoms with Gasteiger partial charge in [0.25, 0.3) is 0 Å². The lowest BCUT2D eigenvalue weighted by Crippen LogP contribution is -2.17. The number of thioether (sulfide) groups is 1. The van der Waals surface area contributed by atoms with Gasteiger partial charge in [-0.3, -0.25) is 4.79 Å². The average molecular weight is 391 g/mol. The smallest absolute Gasteiger partial charge is 0.340 e. The Kier molecular flexibility index (Phi) is 5.75. The number of pyridine rings is 1. The summed E-state index contributed by atoms with van der Waals surface area (Å²) in [6, 6.07) is 8.43. The van der Waals surface area contributed by atoms with Crippen LogP contribution in [-0.2, 0) is 9.53 Å². The Bertz CT molecular complexity index is 960. The molecule has 9 heteroatoms. The van der Waals surface area contributed by atoms with Gasteiger partial charge >= 0.3 is 5.97 Å². The highest BCUT2D eigenvalue weighted by molar-refractivity contribution is 7.99. The standard InChI is InChI=1S/C17H15ClN4O3S/c1-2-25-16(24)11-5-3-4-6-12(11)20-14(23)9-26-17-21-13-7-10(18)8-19-15(13)22-17/h3-8H,2,9H2,1H3,(H,20,23)(H,19,21,22). The number of para-hydroxylation sites is 1. The van der Waals surface area contributed by atoms with E-state index < -0.39 is 5.97 Å².